The van der Waals surface area contributed by atoms with Crippen molar-refractivity contribution in [2.24, 2.45) is 0 Å². The first kappa shape index (κ1) is 14.4. The maximum Gasteiger partial charge on any atom is 0.416 e. The van der Waals surface area contributed by atoms with E-state index in [2.05, 4.69) is 5.32 Å². The van der Waals surface area contributed by atoms with Crippen LogP contribution in [0.4, 0.5) is 18.9 Å². The van der Waals surface area contributed by atoms with Crippen molar-refractivity contribution in [3.63, 3.8) is 0 Å². The first-order valence-electron chi connectivity index (χ1n) is 6.11. The lowest BCUT2D eigenvalue weighted by molar-refractivity contribution is -0.137. The predicted molar refractivity (Wildman–Crippen MR) is 65.9 cm³/mol. The number of nitrogens with one attached hydrogen (secondary N) is 1. The first-order valence-corrected chi connectivity index (χ1v) is 6.11. The molecule has 0 spiro atoms. The number of benzene rings is 1. The maximum absolute atomic E-state index is 12.4. The Morgan fingerprint density at radius 3 is 2.40 bits per heavy atom. The van der Waals surface area contributed by atoms with Gasteiger partial charge in [0.15, 0.2) is 0 Å². The number of anilines is 1. The van der Waals surface area contributed by atoms with Crippen LogP contribution in [-0.4, -0.2) is 29.8 Å². The summed E-state index contributed by atoms with van der Waals surface area (Å²) in [5.41, 5.74) is -0.500. The van der Waals surface area contributed by atoms with Crippen LogP contribution in [0.15, 0.2) is 24.3 Å². The normalized spacial score (nSPS) is 15.6. The molecule has 1 aromatic rings. The van der Waals surface area contributed by atoms with Crippen LogP contribution < -0.4 is 5.32 Å². The zero-order valence-corrected chi connectivity index (χ0v) is 10.5. The van der Waals surface area contributed by atoms with Gasteiger partial charge in [0.05, 0.1) is 12.1 Å². The molecule has 0 bridgehead atoms. The van der Waals surface area contributed by atoms with Gasteiger partial charge < -0.3 is 10.2 Å². The van der Waals surface area contributed by atoms with Gasteiger partial charge >= 0.3 is 6.18 Å². The SMILES string of the molecule is O=C(CN1CCCC1=O)Nc1ccc(C(F)(F)F)cc1. The third-order valence-corrected chi connectivity index (χ3v) is 3.00. The topological polar surface area (TPSA) is 49.4 Å². The summed E-state index contributed by atoms with van der Waals surface area (Å²) in [5.74, 6) is -0.493. The molecule has 0 unspecified atom stereocenters. The zero-order valence-electron chi connectivity index (χ0n) is 10.5. The third kappa shape index (κ3) is 3.49. The van der Waals surface area contributed by atoms with Crippen LogP contribution in [0.5, 0.6) is 0 Å². The van der Waals surface area contributed by atoms with E-state index in [1.54, 1.807) is 0 Å². The molecule has 2 rings (SSSR count). The Morgan fingerprint density at radius 2 is 1.90 bits per heavy atom. The summed E-state index contributed by atoms with van der Waals surface area (Å²) < 4.78 is 37.1. The summed E-state index contributed by atoms with van der Waals surface area (Å²) in [6, 6.07) is 4.17. The van der Waals surface area contributed by atoms with Crippen molar-refractivity contribution in [3.8, 4) is 0 Å². The molecular weight excluding hydrogens is 273 g/mol. The van der Waals surface area contributed by atoms with Crippen molar-refractivity contribution in [1.29, 1.82) is 0 Å². The number of halogens is 3. The maximum atomic E-state index is 12.4. The minimum atomic E-state index is -4.40. The molecule has 1 saturated heterocycles. The average molecular weight is 286 g/mol. The van der Waals surface area contributed by atoms with Gasteiger partial charge in [0.1, 0.15) is 0 Å². The van der Waals surface area contributed by atoms with E-state index < -0.39 is 17.6 Å². The second-order valence-electron chi connectivity index (χ2n) is 4.54. The second kappa shape index (κ2) is 5.52. The Morgan fingerprint density at radius 1 is 1.25 bits per heavy atom. The number of amides is 2. The van der Waals surface area contributed by atoms with Gasteiger partial charge in [-0.25, -0.2) is 0 Å². The molecule has 0 radical (unpaired) electrons. The van der Waals surface area contributed by atoms with Crippen LogP contribution in [-0.2, 0) is 15.8 Å². The molecule has 4 nitrogen and oxygen atoms in total. The van der Waals surface area contributed by atoms with E-state index in [1.165, 1.54) is 17.0 Å². The fraction of sp³-hybridized carbons (Fsp3) is 0.385. The number of nitrogens with zero attached hydrogens (tertiary/aromatic N) is 1. The summed E-state index contributed by atoms with van der Waals surface area (Å²) in [6.07, 6.45) is -3.23. The van der Waals surface area contributed by atoms with E-state index in [4.69, 9.17) is 0 Å². The lowest BCUT2D eigenvalue weighted by Gasteiger charge is -2.15. The average Bonchev–Trinajstić information content (AvgIpc) is 2.74. The molecule has 1 N–H and O–H groups in total. The molecule has 108 valence electrons. The van der Waals surface area contributed by atoms with Crippen molar-refractivity contribution in [2.75, 3.05) is 18.4 Å². The highest BCUT2D eigenvalue weighted by Crippen LogP contribution is 2.29. The summed E-state index contributed by atoms with van der Waals surface area (Å²) in [5, 5.41) is 2.47. The number of hydrogen-bond donors (Lipinski definition) is 1. The largest absolute Gasteiger partial charge is 0.416 e. The molecule has 1 aromatic carbocycles. The molecule has 0 saturated carbocycles. The summed E-state index contributed by atoms with van der Waals surface area (Å²) in [7, 11) is 0. The molecule has 1 heterocycles. The van der Waals surface area contributed by atoms with Gasteiger partial charge in [-0.2, -0.15) is 13.2 Å². The lowest BCUT2D eigenvalue weighted by Crippen LogP contribution is -2.33. The number of likely N-dealkylation sites (tertiary alicyclic amines) is 1. The molecule has 1 aliphatic heterocycles. The Kier molecular flexibility index (Phi) is 3.96. The van der Waals surface area contributed by atoms with Crippen molar-refractivity contribution in [1.82, 2.24) is 4.90 Å². The molecule has 0 atom stereocenters. The minimum Gasteiger partial charge on any atom is -0.333 e. The van der Waals surface area contributed by atoms with Crippen LogP contribution in [0.25, 0.3) is 0 Å². The van der Waals surface area contributed by atoms with E-state index >= 15 is 0 Å². The zero-order chi connectivity index (χ0) is 14.8. The molecule has 1 fully saturated rings. The number of hydrogen-bond acceptors (Lipinski definition) is 2. The highest BCUT2D eigenvalue weighted by Gasteiger charge is 2.30. The quantitative estimate of drug-likeness (QED) is 0.926. The molecule has 20 heavy (non-hydrogen) atoms. The number of carbonyl (C=O) groups excluding carboxylic acids is 2. The molecule has 0 aromatic heterocycles. The smallest absolute Gasteiger partial charge is 0.333 e. The predicted octanol–water partition coefficient (Wildman–Crippen LogP) is 2.27. The van der Waals surface area contributed by atoms with E-state index in [0.717, 1.165) is 18.6 Å². The van der Waals surface area contributed by atoms with Crippen molar-refractivity contribution >= 4 is 17.5 Å². The Balaban J connectivity index is 1.93. The Hall–Kier alpha value is -2.05. The van der Waals surface area contributed by atoms with Crippen LogP contribution in [0.3, 0.4) is 0 Å². The van der Waals surface area contributed by atoms with Crippen LogP contribution in [0.2, 0.25) is 0 Å². The van der Waals surface area contributed by atoms with Gasteiger partial charge in [0.25, 0.3) is 0 Å². The third-order valence-electron chi connectivity index (χ3n) is 3.00. The lowest BCUT2D eigenvalue weighted by atomic mass is 10.2. The van der Waals surface area contributed by atoms with Gasteiger partial charge in [-0.15, -0.1) is 0 Å². The number of alkyl halides is 3. The highest BCUT2D eigenvalue weighted by atomic mass is 19.4. The fourth-order valence-corrected chi connectivity index (χ4v) is 1.99. The molecule has 0 aliphatic carbocycles. The van der Waals surface area contributed by atoms with Gasteiger partial charge in [0, 0.05) is 18.7 Å². The monoisotopic (exact) mass is 286 g/mol. The van der Waals surface area contributed by atoms with Gasteiger partial charge in [-0.05, 0) is 30.7 Å². The van der Waals surface area contributed by atoms with Crippen LogP contribution >= 0.6 is 0 Å². The van der Waals surface area contributed by atoms with E-state index in [1.807, 2.05) is 0 Å². The second-order valence-corrected chi connectivity index (χ2v) is 4.54. The van der Waals surface area contributed by atoms with E-state index in [9.17, 15) is 22.8 Å². The number of carbonyl (C=O) groups is 2. The molecule has 1 aliphatic rings. The van der Waals surface area contributed by atoms with Gasteiger partial charge in [-0.3, -0.25) is 9.59 Å². The highest BCUT2D eigenvalue weighted by molar-refractivity contribution is 5.94. The summed E-state index contributed by atoms with van der Waals surface area (Å²) >= 11 is 0. The Labute approximate surface area is 113 Å². The molecular formula is C13H13F3N2O2. The van der Waals surface area contributed by atoms with Crippen LogP contribution in [0.1, 0.15) is 18.4 Å². The number of rotatable bonds is 3. The van der Waals surface area contributed by atoms with Crippen molar-refractivity contribution in [2.45, 2.75) is 19.0 Å². The van der Waals surface area contributed by atoms with Crippen LogP contribution in [0, 0.1) is 0 Å². The van der Waals surface area contributed by atoms with Crippen molar-refractivity contribution < 1.29 is 22.8 Å². The first-order chi connectivity index (χ1) is 9.36. The van der Waals surface area contributed by atoms with Crippen molar-refractivity contribution in [3.05, 3.63) is 29.8 Å². The van der Waals surface area contributed by atoms with Gasteiger partial charge in [-0.1, -0.05) is 0 Å². The van der Waals surface area contributed by atoms with E-state index in [-0.39, 0.29) is 18.1 Å². The minimum absolute atomic E-state index is 0.0696. The molecule has 7 heteroatoms. The standard InChI is InChI=1S/C13H13F3N2O2/c14-13(15,16)9-3-5-10(6-4-9)17-11(19)8-18-7-1-2-12(18)20/h3-6H,1-2,7-8H2,(H,17,19). The summed E-state index contributed by atoms with van der Waals surface area (Å²) in [6.45, 7) is 0.471. The summed E-state index contributed by atoms with van der Waals surface area (Å²) in [4.78, 5) is 24.4. The fourth-order valence-electron chi connectivity index (χ4n) is 1.99. The molecule has 2 amide bonds. The van der Waals surface area contributed by atoms with E-state index in [0.29, 0.717) is 13.0 Å². The van der Waals surface area contributed by atoms with Gasteiger partial charge in [0.2, 0.25) is 11.8 Å². The Bertz CT molecular complexity index is 511.